The minimum atomic E-state index is -0.929. The van der Waals surface area contributed by atoms with Crippen molar-refractivity contribution < 1.29 is 14.7 Å². The largest absolute Gasteiger partial charge is 0.481 e. The molecule has 0 saturated carbocycles. The van der Waals surface area contributed by atoms with Crippen LogP contribution in [0.15, 0.2) is 18.3 Å². The first-order valence-electron chi connectivity index (χ1n) is 6.38. The van der Waals surface area contributed by atoms with Gasteiger partial charge >= 0.3 is 5.97 Å². The van der Waals surface area contributed by atoms with Gasteiger partial charge in [0.2, 0.25) is 5.91 Å². The summed E-state index contributed by atoms with van der Waals surface area (Å²) in [4.78, 5) is 29.3. The maximum absolute atomic E-state index is 12.0. The molecule has 1 saturated heterocycles. The van der Waals surface area contributed by atoms with Crippen molar-refractivity contribution in [1.82, 2.24) is 9.88 Å². The van der Waals surface area contributed by atoms with Gasteiger partial charge in [-0.2, -0.15) is 0 Å². The summed E-state index contributed by atoms with van der Waals surface area (Å²) in [6, 6.07) is 3.26. The molecule has 2 rings (SSSR count). The predicted octanol–water partition coefficient (Wildman–Crippen LogP) is 1.77. The van der Waals surface area contributed by atoms with Crippen molar-refractivity contribution in [2.75, 3.05) is 0 Å². The van der Waals surface area contributed by atoms with Gasteiger partial charge in [-0.3, -0.25) is 14.6 Å². The Kier molecular flexibility index (Phi) is 3.55. The van der Waals surface area contributed by atoms with E-state index in [1.54, 1.807) is 11.1 Å². The van der Waals surface area contributed by atoms with Gasteiger partial charge in [0, 0.05) is 24.4 Å². The van der Waals surface area contributed by atoms with Crippen LogP contribution in [0.3, 0.4) is 0 Å². The summed E-state index contributed by atoms with van der Waals surface area (Å²) in [7, 11) is 0. The van der Waals surface area contributed by atoms with Crippen molar-refractivity contribution in [3.8, 4) is 0 Å². The van der Waals surface area contributed by atoms with E-state index in [-0.39, 0.29) is 18.4 Å². The predicted molar refractivity (Wildman–Crippen MR) is 69.4 cm³/mol. The van der Waals surface area contributed by atoms with Crippen molar-refractivity contribution >= 4 is 11.9 Å². The Morgan fingerprint density at radius 2 is 2.16 bits per heavy atom. The molecule has 0 bridgehead atoms. The first-order valence-corrected chi connectivity index (χ1v) is 6.38. The lowest BCUT2D eigenvalue weighted by atomic mass is 9.94. The molecule has 1 amide bonds. The number of carboxylic acid groups (broad SMARTS) is 1. The molecular weight excluding hydrogens is 244 g/mol. The molecule has 0 radical (unpaired) electrons. The number of rotatable bonds is 3. The molecule has 1 aromatic rings. The van der Waals surface area contributed by atoms with Crippen LogP contribution in [0.1, 0.15) is 37.6 Å². The molecule has 5 nitrogen and oxygen atoms in total. The lowest BCUT2D eigenvalue weighted by Gasteiger charge is -2.30. The zero-order chi connectivity index (χ0) is 14.2. The fraction of sp³-hybridized carbons (Fsp3) is 0.500. The number of aryl methyl sites for hydroxylation is 1. The molecule has 1 aromatic heterocycles. The second-order valence-electron chi connectivity index (χ2n) is 5.22. The van der Waals surface area contributed by atoms with Gasteiger partial charge in [0.25, 0.3) is 0 Å². The van der Waals surface area contributed by atoms with Crippen LogP contribution in [0, 0.1) is 12.8 Å². The molecular formula is C14H18N2O3. The average Bonchev–Trinajstić information content (AvgIpc) is 2.68. The normalized spacial score (nSPS) is 23.2. The standard InChI is InChI=1S/C14H18N2O3/c1-8(2)16-12(17)6-11(14(18)19)13(16)10-5-4-9(3)15-7-10/h4-5,7-8,11,13H,6H2,1-3H3,(H,18,19). The van der Waals surface area contributed by atoms with Crippen molar-refractivity contribution in [2.45, 2.75) is 39.3 Å². The van der Waals surface area contributed by atoms with Crippen LogP contribution in [0.5, 0.6) is 0 Å². The highest BCUT2D eigenvalue weighted by molar-refractivity contribution is 5.87. The van der Waals surface area contributed by atoms with Gasteiger partial charge in [0.15, 0.2) is 0 Å². The Morgan fingerprint density at radius 1 is 1.47 bits per heavy atom. The Labute approximate surface area is 112 Å². The maximum atomic E-state index is 12.0. The number of amides is 1. The third-order valence-electron chi connectivity index (χ3n) is 3.51. The van der Waals surface area contributed by atoms with E-state index in [0.717, 1.165) is 11.3 Å². The molecule has 102 valence electrons. The maximum Gasteiger partial charge on any atom is 0.309 e. The summed E-state index contributed by atoms with van der Waals surface area (Å²) in [5, 5.41) is 9.32. The van der Waals surface area contributed by atoms with Gasteiger partial charge in [-0.25, -0.2) is 0 Å². The number of carbonyl (C=O) groups excluding carboxylic acids is 1. The minimum absolute atomic E-state index is 0.0249. The van der Waals surface area contributed by atoms with E-state index < -0.39 is 17.9 Å². The van der Waals surface area contributed by atoms with Crippen molar-refractivity contribution in [1.29, 1.82) is 0 Å². The second kappa shape index (κ2) is 4.99. The average molecular weight is 262 g/mol. The fourth-order valence-electron chi connectivity index (χ4n) is 2.63. The highest BCUT2D eigenvalue weighted by atomic mass is 16.4. The van der Waals surface area contributed by atoms with E-state index in [9.17, 15) is 14.7 Å². The van der Waals surface area contributed by atoms with Gasteiger partial charge < -0.3 is 10.0 Å². The molecule has 2 heterocycles. The molecule has 1 aliphatic rings. The SMILES string of the molecule is Cc1ccc(C2C(C(=O)O)CC(=O)N2C(C)C)cn1. The van der Waals surface area contributed by atoms with Crippen LogP contribution in [0.4, 0.5) is 0 Å². The number of likely N-dealkylation sites (tertiary alicyclic amines) is 1. The lowest BCUT2D eigenvalue weighted by molar-refractivity contribution is -0.142. The second-order valence-corrected chi connectivity index (χ2v) is 5.22. The van der Waals surface area contributed by atoms with E-state index >= 15 is 0 Å². The zero-order valence-corrected chi connectivity index (χ0v) is 11.3. The highest BCUT2D eigenvalue weighted by Gasteiger charge is 2.45. The quantitative estimate of drug-likeness (QED) is 0.901. The molecule has 0 aliphatic carbocycles. The van der Waals surface area contributed by atoms with Crippen LogP contribution in [-0.2, 0) is 9.59 Å². The number of aromatic nitrogens is 1. The van der Waals surface area contributed by atoms with E-state index in [2.05, 4.69) is 4.98 Å². The van der Waals surface area contributed by atoms with E-state index in [1.165, 1.54) is 0 Å². The van der Waals surface area contributed by atoms with Gasteiger partial charge in [0.1, 0.15) is 0 Å². The summed E-state index contributed by atoms with van der Waals surface area (Å²) >= 11 is 0. The first-order chi connectivity index (χ1) is 8.91. The Hall–Kier alpha value is -1.91. The molecule has 1 fully saturated rings. The van der Waals surface area contributed by atoms with Gasteiger partial charge in [0.05, 0.1) is 12.0 Å². The van der Waals surface area contributed by atoms with Crippen molar-refractivity contribution in [2.24, 2.45) is 5.92 Å². The van der Waals surface area contributed by atoms with Gasteiger partial charge in [-0.1, -0.05) is 6.07 Å². The number of nitrogens with zero attached hydrogens (tertiary/aromatic N) is 2. The van der Waals surface area contributed by atoms with Crippen LogP contribution in [0.2, 0.25) is 0 Å². The minimum Gasteiger partial charge on any atom is -0.481 e. The Morgan fingerprint density at radius 3 is 2.63 bits per heavy atom. The van der Waals surface area contributed by atoms with Crippen LogP contribution < -0.4 is 0 Å². The fourth-order valence-corrected chi connectivity index (χ4v) is 2.63. The summed E-state index contributed by atoms with van der Waals surface area (Å²) in [5.41, 5.74) is 1.66. The third-order valence-corrected chi connectivity index (χ3v) is 3.51. The molecule has 1 aliphatic heterocycles. The van der Waals surface area contributed by atoms with Gasteiger partial charge in [-0.05, 0) is 32.4 Å². The van der Waals surface area contributed by atoms with Crippen LogP contribution in [-0.4, -0.2) is 32.9 Å². The number of carboxylic acids is 1. The number of hydrogen-bond donors (Lipinski definition) is 1. The summed E-state index contributed by atoms with van der Waals surface area (Å²) in [5.74, 6) is -1.73. The topological polar surface area (TPSA) is 70.5 Å². The summed E-state index contributed by atoms with van der Waals surface area (Å²) in [6.07, 6.45) is 1.73. The lowest BCUT2D eigenvalue weighted by Crippen LogP contribution is -2.36. The van der Waals surface area contributed by atoms with Gasteiger partial charge in [-0.15, -0.1) is 0 Å². The van der Waals surface area contributed by atoms with E-state index in [4.69, 9.17) is 0 Å². The number of carbonyl (C=O) groups is 2. The molecule has 0 aromatic carbocycles. The summed E-state index contributed by atoms with van der Waals surface area (Å²) < 4.78 is 0. The molecule has 5 heteroatoms. The van der Waals surface area contributed by atoms with Crippen molar-refractivity contribution in [3.05, 3.63) is 29.6 Å². The van der Waals surface area contributed by atoms with Crippen LogP contribution >= 0.6 is 0 Å². The van der Waals surface area contributed by atoms with E-state index in [0.29, 0.717) is 0 Å². The zero-order valence-electron chi connectivity index (χ0n) is 11.3. The molecule has 19 heavy (non-hydrogen) atoms. The smallest absolute Gasteiger partial charge is 0.309 e. The molecule has 0 spiro atoms. The van der Waals surface area contributed by atoms with Crippen LogP contribution in [0.25, 0.3) is 0 Å². The Bertz CT molecular complexity index is 496. The molecule has 2 unspecified atom stereocenters. The third kappa shape index (κ3) is 2.45. The number of aliphatic carboxylic acids is 1. The van der Waals surface area contributed by atoms with Crippen molar-refractivity contribution in [3.63, 3.8) is 0 Å². The molecule has 1 N–H and O–H groups in total. The highest BCUT2D eigenvalue weighted by Crippen LogP contribution is 2.39. The molecule has 2 atom stereocenters. The Balaban J connectivity index is 2.43. The summed E-state index contributed by atoms with van der Waals surface area (Å²) in [6.45, 7) is 5.67. The number of hydrogen-bond acceptors (Lipinski definition) is 3. The monoisotopic (exact) mass is 262 g/mol. The van der Waals surface area contributed by atoms with E-state index in [1.807, 2.05) is 32.9 Å². The number of pyridine rings is 1. The first kappa shape index (κ1) is 13.5.